The number of aryl methyl sites for hydroxylation is 2. The minimum absolute atomic E-state index is 0.211. The Labute approximate surface area is 103 Å². The molecule has 90 valence electrons. The predicted octanol–water partition coefficient (Wildman–Crippen LogP) is 3.06. The summed E-state index contributed by atoms with van der Waals surface area (Å²) in [4.78, 5) is 4.24. The van der Waals surface area contributed by atoms with Crippen molar-refractivity contribution in [3.8, 4) is 5.75 Å². The number of nitrogens with zero attached hydrogens (tertiary/aromatic N) is 1. The average molecular weight is 252 g/mol. The van der Waals surface area contributed by atoms with Gasteiger partial charge in [-0.2, -0.15) is 0 Å². The van der Waals surface area contributed by atoms with Gasteiger partial charge in [-0.25, -0.2) is 9.37 Å². The first-order chi connectivity index (χ1) is 8.06. The average Bonchev–Trinajstić information content (AvgIpc) is 2.68. The summed E-state index contributed by atoms with van der Waals surface area (Å²) in [6.07, 6.45) is 0. The molecule has 0 radical (unpaired) electrons. The molecule has 1 heterocycles. The van der Waals surface area contributed by atoms with E-state index in [9.17, 15) is 4.39 Å². The van der Waals surface area contributed by atoms with Crippen LogP contribution in [0.2, 0.25) is 0 Å². The number of halogens is 1. The number of rotatable bonds is 3. The highest BCUT2D eigenvalue weighted by Crippen LogP contribution is 2.24. The monoisotopic (exact) mass is 252 g/mol. The van der Waals surface area contributed by atoms with E-state index >= 15 is 0 Å². The molecule has 2 N–H and O–H groups in total. The second-order valence-corrected chi connectivity index (χ2v) is 4.85. The molecular weight excluding hydrogens is 239 g/mol. The Balaban J connectivity index is 2.11. The van der Waals surface area contributed by atoms with Crippen molar-refractivity contribution in [2.24, 2.45) is 0 Å². The lowest BCUT2D eigenvalue weighted by molar-refractivity contribution is 0.286. The second kappa shape index (κ2) is 4.71. The van der Waals surface area contributed by atoms with Crippen LogP contribution in [0.3, 0.4) is 0 Å². The molecule has 0 fully saturated rings. The van der Waals surface area contributed by atoms with Crippen LogP contribution in [-0.2, 0) is 6.61 Å². The van der Waals surface area contributed by atoms with Crippen LogP contribution in [0.15, 0.2) is 17.5 Å². The van der Waals surface area contributed by atoms with Crippen LogP contribution in [0.5, 0.6) is 5.75 Å². The molecule has 2 aromatic rings. The third-order valence-electron chi connectivity index (χ3n) is 2.36. The Morgan fingerprint density at radius 3 is 2.82 bits per heavy atom. The maximum Gasteiger partial charge on any atom is 0.167 e. The number of hydrogen-bond acceptors (Lipinski definition) is 4. The molecule has 0 aliphatic carbocycles. The molecule has 0 spiro atoms. The number of benzene rings is 1. The van der Waals surface area contributed by atoms with Crippen molar-refractivity contribution < 1.29 is 9.13 Å². The minimum atomic E-state index is -0.444. The molecule has 0 aliphatic rings. The Kier molecular flexibility index (Phi) is 3.28. The quantitative estimate of drug-likeness (QED) is 0.854. The zero-order valence-electron chi connectivity index (χ0n) is 9.66. The summed E-state index contributed by atoms with van der Waals surface area (Å²) in [5.74, 6) is -0.234. The Morgan fingerprint density at radius 1 is 1.41 bits per heavy atom. The number of nitrogen functional groups attached to an aromatic ring is 1. The Bertz CT molecular complexity index is 539. The van der Waals surface area contributed by atoms with Gasteiger partial charge >= 0.3 is 0 Å². The van der Waals surface area contributed by atoms with Gasteiger partial charge in [0, 0.05) is 17.1 Å². The summed E-state index contributed by atoms with van der Waals surface area (Å²) in [6.45, 7) is 4.00. The van der Waals surface area contributed by atoms with Crippen LogP contribution >= 0.6 is 11.3 Å². The third kappa shape index (κ3) is 2.74. The zero-order chi connectivity index (χ0) is 12.4. The number of hydrogen-bond donors (Lipinski definition) is 1. The van der Waals surface area contributed by atoms with Crippen molar-refractivity contribution in [1.29, 1.82) is 0 Å². The van der Waals surface area contributed by atoms with Crippen LogP contribution in [0.1, 0.15) is 16.3 Å². The lowest BCUT2D eigenvalue weighted by Crippen LogP contribution is -2.00. The normalized spacial score (nSPS) is 10.5. The highest BCUT2D eigenvalue weighted by atomic mass is 32.1. The van der Waals surface area contributed by atoms with Crippen LogP contribution in [0.4, 0.5) is 10.1 Å². The van der Waals surface area contributed by atoms with Crippen LogP contribution in [0.25, 0.3) is 0 Å². The molecule has 0 saturated carbocycles. The van der Waals surface area contributed by atoms with E-state index in [4.69, 9.17) is 10.5 Å². The SMILES string of the molecule is Cc1nc(COc2cc(C)c(N)cc2F)cs1. The summed E-state index contributed by atoms with van der Waals surface area (Å²) in [7, 11) is 0. The van der Waals surface area contributed by atoms with E-state index < -0.39 is 5.82 Å². The van der Waals surface area contributed by atoms with Gasteiger partial charge in [-0.05, 0) is 25.5 Å². The first kappa shape index (κ1) is 11.9. The van der Waals surface area contributed by atoms with Gasteiger partial charge in [0.25, 0.3) is 0 Å². The molecule has 1 aromatic carbocycles. The van der Waals surface area contributed by atoms with E-state index in [0.29, 0.717) is 5.69 Å². The Morgan fingerprint density at radius 2 is 2.18 bits per heavy atom. The smallest absolute Gasteiger partial charge is 0.167 e. The van der Waals surface area contributed by atoms with Gasteiger partial charge in [-0.1, -0.05) is 0 Å². The van der Waals surface area contributed by atoms with E-state index in [1.165, 1.54) is 6.07 Å². The first-order valence-electron chi connectivity index (χ1n) is 5.15. The summed E-state index contributed by atoms with van der Waals surface area (Å²) in [5.41, 5.74) is 7.63. The van der Waals surface area contributed by atoms with Crippen molar-refractivity contribution >= 4 is 17.0 Å². The van der Waals surface area contributed by atoms with E-state index in [-0.39, 0.29) is 12.4 Å². The zero-order valence-corrected chi connectivity index (χ0v) is 10.5. The number of anilines is 1. The van der Waals surface area contributed by atoms with E-state index in [0.717, 1.165) is 16.3 Å². The summed E-state index contributed by atoms with van der Waals surface area (Å²) in [5, 5.41) is 2.87. The van der Waals surface area contributed by atoms with Crippen molar-refractivity contribution in [2.75, 3.05) is 5.73 Å². The lowest BCUT2D eigenvalue weighted by Gasteiger charge is -2.08. The highest BCUT2D eigenvalue weighted by molar-refractivity contribution is 7.09. The summed E-state index contributed by atoms with van der Waals surface area (Å²) < 4.78 is 18.9. The van der Waals surface area contributed by atoms with E-state index in [1.807, 2.05) is 19.2 Å². The summed E-state index contributed by atoms with van der Waals surface area (Å²) in [6, 6.07) is 2.88. The van der Waals surface area contributed by atoms with Gasteiger partial charge in [0.1, 0.15) is 6.61 Å². The molecule has 0 bridgehead atoms. The maximum absolute atomic E-state index is 13.5. The van der Waals surface area contributed by atoms with Gasteiger partial charge in [-0.15, -0.1) is 11.3 Å². The molecule has 2 rings (SSSR count). The maximum atomic E-state index is 13.5. The van der Waals surface area contributed by atoms with Gasteiger partial charge in [0.2, 0.25) is 0 Å². The van der Waals surface area contributed by atoms with Gasteiger partial charge in [0.15, 0.2) is 11.6 Å². The van der Waals surface area contributed by atoms with Gasteiger partial charge in [0.05, 0.1) is 10.7 Å². The Hall–Kier alpha value is -1.62. The van der Waals surface area contributed by atoms with Gasteiger partial charge in [-0.3, -0.25) is 0 Å². The highest BCUT2D eigenvalue weighted by Gasteiger charge is 2.07. The van der Waals surface area contributed by atoms with Crippen molar-refractivity contribution in [2.45, 2.75) is 20.5 Å². The predicted molar refractivity (Wildman–Crippen MR) is 66.7 cm³/mol. The molecule has 0 saturated heterocycles. The molecule has 0 unspecified atom stereocenters. The third-order valence-corrected chi connectivity index (χ3v) is 3.19. The molecule has 5 heteroatoms. The number of nitrogens with two attached hydrogens (primary N) is 1. The molecule has 17 heavy (non-hydrogen) atoms. The fourth-order valence-corrected chi connectivity index (χ4v) is 2.00. The number of thiazole rings is 1. The lowest BCUT2D eigenvalue weighted by atomic mass is 10.2. The topological polar surface area (TPSA) is 48.1 Å². The summed E-state index contributed by atoms with van der Waals surface area (Å²) >= 11 is 1.54. The van der Waals surface area contributed by atoms with E-state index in [2.05, 4.69) is 4.98 Å². The largest absolute Gasteiger partial charge is 0.484 e. The van der Waals surface area contributed by atoms with Crippen molar-refractivity contribution in [3.05, 3.63) is 39.6 Å². The number of ether oxygens (including phenoxy) is 1. The molecule has 0 atom stereocenters. The minimum Gasteiger partial charge on any atom is -0.484 e. The van der Waals surface area contributed by atoms with Crippen LogP contribution < -0.4 is 10.5 Å². The van der Waals surface area contributed by atoms with Crippen molar-refractivity contribution in [3.63, 3.8) is 0 Å². The van der Waals surface area contributed by atoms with Crippen molar-refractivity contribution in [1.82, 2.24) is 4.98 Å². The number of aromatic nitrogens is 1. The first-order valence-corrected chi connectivity index (χ1v) is 6.03. The molecule has 1 aromatic heterocycles. The molecule has 0 aliphatic heterocycles. The fraction of sp³-hybridized carbons (Fsp3) is 0.250. The molecule has 3 nitrogen and oxygen atoms in total. The second-order valence-electron chi connectivity index (χ2n) is 3.79. The van der Waals surface area contributed by atoms with Crippen LogP contribution in [0, 0.1) is 19.7 Å². The van der Waals surface area contributed by atoms with E-state index in [1.54, 1.807) is 17.4 Å². The standard InChI is InChI=1S/C12H13FN2OS/c1-7-3-12(10(13)4-11(7)14)16-5-9-6-17-8(2)15-9/h3-4,6H,5,14H2,1-2H3. The van der Waals surface area contributed by atoms with Gasteiger partial charge < -0.3 is 10.5 Å². The van der Waals surface area contributed by atoms with Crippen LogP contribution in [-0.4, -0.2) is 4.98 Å². The fourth-order valence-electron chi connectivity index (χ4n) is 1.41. The molecular formula is C12H13FN2OS. The molecule has 0 amide bonds.